The topological polar surface area (TPSA) is 79.9 Å². The van der Waals surface area contributed by atoms with E-state index in [0.717, 1.165) is 18.4 Å². The highest BCUT2D eigenvalue weighted by molar-refractivity contribution is 7.89. The van der Waals surface area contributed by atoms with Gasteiger partial charge in [0.25, 0.3) is 0 Å². The molecule has 1 aromatic rings. The van der Waals surface area contributed by atoms with E-state index in [1.54, 1.807) is 0 Å². The van der Waals surface area contributed by atoms with Crippen LogP contribution in [0.5, 0.6) is 0 Å². The predicted octanol–water partition coefficient (Wildman–Crippen LogP) is 2.86. The van der Waals surface area contributed by atoms with Crippen molar-refractivity contribution in [1.82, 2.24) is 4.72 Å². The van der Waals surface area contributed by atoms with Crippen LogP contribution in [-0.2, 0) is 30.4 Å². The Hall–Kier alpha value is -1.12. The quantitative estimate of drug-likeness (QED) is 0.494. The molecule has 0 unspecified atom stereocenters. The van der Waals surface area contributed by atoms with Crippen molar-refractivity contribution in [3.05, 3.63) is 29.8 Å². The first-order valence-electron chi connectivity index (χ1n) is 9.07. The maximum absolute atomic E-state index is 12.6. The fourth-order valence-electron chi connectivity index (χ4n) is 3.05. The van der Waals surface area contributed by atoms with E-state index in [1.807, 2.05) is 31.2 Å². The summed E-state index contributed by atoms with van der Waals surface area (Å²) in [6, 6.07) is 7.21. The van der Waals surface area contributed by atoms with E-state index in [1.165, 1.54) is 7.11 Å². The van der Waals surface area contributed by atoms with Gasteiger partial charge in [-0.3, -0.25) is 4.79 Å². The minimum Gasteiger partial charge on any atom is -0.593 e. The van der Waals surface area contributed by atoms with Gasteiger partial charge in [0, 0.05) is 12.8 Å². The SMILES string of the molecule is CCCC1(CC[C@@H](CC(=O)OC)N[S@@+]([O-])c2ccc(C)cc2)OCCO1. The fourth-order valence-corrected chi connectivity index (χ4v) is 4.08. The van der Waals surface area contributed by atoms with Gasteiger partial charge in [-0.1, -0.05) is 31.0 Å². The van der Waals surface area contributed by atoms with Crippen LogP contribution >= 0.6 is 0 Å². The van der Waals surface area contributed by atoms with Crippen molar-refractivity contribution in [3.63, 3.8) is 0 Å². The van der Waals surface area contributed by atoms with E-state index in [0.29, 0.717) is 31.0 Å². The molecule has 1 aromatic carbocycles. The average Bonchev–Trinajstić information content (AvgIpc) is 3.09. The zero-order valence-corrected chi connectivity index (χ0v) is 16.6. The van der Waals surface area contributed by atoms with Gasteiger partial charge in [-0.25, -0.2) is 0 Å². The number of rotatable bonds is 10. The van der Waals surface area contributed by atoms with Gasteiger partial charge in [-0.15, -0.1) is 4.72 Å². The first-order chi connectivity index (χ1) is 12.5. The summed E-state index contributed by atoms with van der Waals surface area (Å²) >= 11 is -1.40. The normalized spacial score (nSPS) is 18.5. The molecule has 2 rings (SSSR count). The number of hydrogen-bond donors (Lipinski definition) is 1. The molecular formula is C19H29NO5S. The molecule has 0 amide bonds. The predicted molar refractivity (Wildman–Crippen MR) is 99.9 cm³/mol. The Morgan fingerprint density at radius 2 is 1.96 bits per heavy atom. The standard InChI is InChI=1S/C19H29NO5S/c1-4-10-19(24-12-13-25-19)11-9-16(14-18(21)23-3)20-26(22)17-7-5-15(2)6-8-17/h5-8,16,20H,4,9-14H2,1-3H3/t16-,26-/m0/s1. The summed E-state index contributed by atoms with van der Waals surface area (Å²) in [6.07, 6.45) is 3.15. The Bertz CT molecular complexity index is 560. The van der Waals surface area contributed by atoms with Crippen LogP contribution in [0, 0.1) is 6.92 Å². The molecular weight excluding hydrogens is 354 g/mol. The lowest BCUT2D eigenvalue weighted by atomic mass is 10.00. The lowest BCUT2D eigenvalue weighted by Crippen LogP contribution is -2.39. The minimum atomic E-state index is -1.40. The molecule has 0 saturated carbocycles. The van der Waals surface area contributed by atoms with Gasteiger partial charge >= 0.3 is 5.97 Å². The van der Waals surface area contributed by atoms with Crippen molar-refractivity contribution in [2.45, 2.75) is 62.7 Å². The third-order valence-electron chi connectivity index (χ3n) is 4.47. The summed E-state index contributed by atoms with van der Waals surface area (Å²) in [5.74, 6) is -0.919. The summed E-state index contributed by atoms with van der Waals surface area (Å²) in [5.41, 5.74) is 1.11. The molecule has 1 N–H and O–H groups in total. The number of esters is 1. The first-order valence-corrected chi connectivity index (χ1v) is 10.2. The van der Waals surface area contributed by atoms with Gasteiger partial charge in [-0.05, 0) is 25.5 Å². The largest absolute Gasteiger partial charge is 0.593 e. The molecule has 1 fully saturated rings. The van der Waals surface area contributed by atoms with Crippen molar-refractivity contribution >= 4 is 17.3 Å². The highest BCUT2D eigenvalue weighted by atomic mass is 32.2. The van der Waals surface area contributed by atoms with Gasteiger partial charge in [0.1, 0.15) is 0 Å². The maximum atomic E-state index is 12.6. The number of methoxy groups -OCH3 is 1. The number of ether oxygens (including phenoxy) is 3. The number of nitrogens with one attached hydrogen (secondary N) is 1. The third kappa shape index (κ3) is 6.25. The summed E-state index contributed by atoms with van der Waals surface area (Å²) in [5, 5.41) is 0. The number of benzene rings is 1. The van der Waals surface area contributed by atoms with E-state index in [9.17, 15) is 9.35 Å². The van der Waals surface area contributed by atoms with E-state index >= 15 is 0 Å². The summed E-state index contributed by atoms with van der Waals surface area (Å²) < 4.78 is 32.1. The average molecular weight is 384 g/mol. The van der Waals surface area contributed by atoms with Crippen molar-refractivity contribution in [2.24, 2.45) is 0 Å². The zero-order chi connectivity index (χ0) is 19.0. The Kier molecular flexibility index (Phi) is 8.37. The summed E-state index contributed by atoms with van der Waals surface area (Å²) in [4.78, 5) is 12.4. The van der Waals surface area contributed by atoms with Crippen molar-refractivity contribution < 1.29 is 23.6 Å². The van der Waals surface area contributed by atoms with Crippen LogP contribution in [0.2, 0.25) is 0 Å². The van der Waals surface area contributed by atoms with Crippen LogP contribution in [-0.4, -0.2) is 42.7 Å². The van der Waals surface area contributed by atoms with Crippen LogP contribution < -0.4 is 4.72 Å². The van der Waals surface area contributed by atoms with E-state index in [-0.39, 0.29) is 18.4 Å². The lowest BCUT2D eigenvalue weighted by Gasteiger charge is -2.29. The minimum absolute atomic E-state index is 0.149. The van der Waals surface area contributed by atoms with E-state index < -0.39 is 17.1 Å². The monoisotopic (exact) mass is 383 g/mol. The van der Waals surface area contributed by atoms with Gasteiger partial charge in [0.2, 0.25) is 0 Å². The number of carbonyl (C=O) groups is 1. The van der Waals surface area contributed by atoms with Crippen LogP contribution in [0.4, 0.5) is 0 Å². The fraction of sp³-hybridized carbons (Fsp3) is 0.632. The number of aryl methyl sites for hydroxylation is 1. The molecule has 1 aliphatic heterocycles. The molecule has 26 heavy (non-hydrogen) atoms. The summed E-state index contributed by atoms with van der Waals surface area (Å²) in [7, 11) is 1.36. The van der Waals surface area contributed by atoms with Crippen LogP contribution in [0.3, 0.4) is 0 Å². The van der Waals surface area contributed by atoms with Gasteiger partial charge in [0.15, 0.2) is 10.7 Å². The van der Waals surface area contributed by atoms with E-state index in [2.05, 4.69) is 11.6 Å². The number of hydrogen-bond acceptors (Lipinski definition) is 6. The van der Waals surface area contributed by atoms with Gasteiger partial charge in [0.05, 0.1) is 44.1 Å². The second-order valence-electron chi connectivity index (χ2n) is 6.57. The van der Waals surface area contributed by atoms with Crippen LogP contribution in [0.15, 0.2) is 29.2 Å². The smallest absolute Gasteiger partial charge is 0.307 e. The van der Waals surface area contributed by atoms with Crippen molar-refractivity contribution in [3.8, 4) is 0 Å². The van der Waals surface area contributed by atoms with Gasteiger partial charge < -0.3 is 18.8 Å². The molecule has 1 saturated heterocycles. The molecule has 0 aromatic heterocycles. The van der Waals surface area contributed by atoms with Crippen molar-refractivity contribution in [2.75, 3.05) is 20.3 Å². The van der Waals surface area contributed by atoms with Crippen molar-refractivity contribution in [1.29, 1.82) is 0 Å². The Balaban J connectivity index is 2.00. The molecule has 146 valence electrons. The highest BCUT2D eigenvalue weighted by Crippen LogP contribution is 2.31. The van der Waals surface area contributed by atoms with Gasteiger partial charge in [-0.2, -0.15) is 0 Å². The molecule has 1 heterocycles. The second-order valence-corrected chi connectivity index (χ2v) is 7.82. The third-order valence-corrected chi connectivity index (χ3v) is 5.72. The molecule has 0 aliphatic carbocycles. The molecule has 6 nitrogen and oxygen atoms in total. The molecule has 1 aliphatic rings. The van der Waals surface area contributed by atoms with Crippen LogP contribution in [0.25, 0.3) is 0 Å². The zero-order valence-electron chi connectivity index (χ0n) is 15.8. The molecule has 0 spiro atoms. The second kappa shape index (κ2) is 10.3. The lowest BCUT2D eigenvalue weighted by molar-refractivity contribution is -0.169. The molecule has 7 heteroatoms. The Labute approximate surface area is 158 Å². The maximum Gasteiger partial charge on any atom is 0.307 e. The van der Waals surface area contributed by atoms with E-state index in [4.69, 9.17) is 14.2 Å². The highest BCUT2D eigenvalue weighted by Gasteiger charge is 2.36. The Morgan fingerprint density at radius 1 is 1.31 bits per heavy atom. The van der Waals surface area contributed by atoms with Crippen LogP contribution in [0.1, 0.15) is 44.6 Å². The first kappa shape index (κ1) is 21.2. The molecule has 0 radical (unpaired) electrons. The number of carbonyl (C=O) groups excluding carboxylic acids is 1. The summed E-state index contributed by atoms with van der Waals surface area (Å²) in [6.45, 7) is 5.24. The molecule has 2 atom stereocenters. The molecule has 0 bridgehead atoms. The Morgan fingerprint density at radius 3 is 2.54 bits per heavy atom.